The molecule has 1 amide bonds. The summed E-state index contributed by atoms with van der Waals surface area (Å²) in [6, 6.07) is 4.67. The fourth-order valence-electron chi connectivity index (χ4n) is 2.71. The highest BCUT2D eigenvalue weighted by Crippen LogP contribution is 2.30. The Kier molecular flexibility index (Phi) is 6.13. The lowest BCUT2D eigenvalue weighted by atomic mass is 9.98. The Morgan fingerprint density at radius 1 is 1.24 bits per heavy atom. The normalized spacial score (nSPS) is 19.3. The molecule has 1 saturated heterocycles. The average Bonchev–Trinajstić information content (AvgIpc) is 2.59. The van der Waals surface area contributed by atoms with Crippen LogP contribution in [0, 0.1) is 0 Å². The summed E-state index contributed by atoms with van der Waals surface area (Å²) in [6.07, 6.45) is -0.383. The summed E-state index contributed by atoms with van der Waals surface area (Å²) in [6.45, 7) is 6.77. The number of benzene rings is 1. The van der Waals surface area contributed by atoms with Crippen LogP contribution in [0.25, 0.3) is 0 Å². The number of amides is 1. The maximum absolute atomic E-state index is 12.5. The third-order valence-corrected chi connectivity index (χ3v) is 3.97. The molecule has 0 aromatic heterocycles. The van der Waals surface area contributed by atoms with Gasteiger partial charge < -0.3 is 24.7 Å². The monoisotopic (exact) mass is 352 g/mol. The first-order chi connectivity index (χ1) is 11.7. The van der Waals surface area contributed by atoms with E-state index in [1.807, 2.05) is 32.9 Å². The van der Waals surface area contributed by atoms with Crippen LogP contribution >= 0.6 is 0 Å². The van der Waals surface area contributed by atoms with Crippen molar-refractivity contribution >= 4 is 6.09 Å². The van der Waals surface area contributed by atoms with Crippen LogP contribution in [0.1, 0.15) is 32.4 Å². The summed E-state index contributed by atoms with van der Waals surface area (Å²) in [5.74, 6) is 1.29. The molecule has 1 heterocycles. The zero-order chi connectivity index (χ0) is 18.6. The Labute approximate surface area is 149 Å². The standard InChI is InChI=1S/C18H28N2O5/c1-18(2,3)25-17(21)20-6-7-24-11-15(20)16(19)12-8-13(22-4)10-14(9-12)23-5/h8-10,15-16H,6-7,11,19H2,1-5H3. The van der Waals surface area contributed by atoms with Crippen molar-refractivity contribution in [2.45, 2.75) is 38.5 Å². The fourth-order valence-corrected chi connectivity index (χ4v) is 2.71. The minimum atomic E-state index is -0.566. The molecule has 0 radical (unpaired) electrons. The lowest BCUT2D eigenvalue weighted by molar-refractivity contribution is -0.0382. The molecule has 0 spiro atoms. The van der Waals surface area contributed by atoms with Crippen molar-refractivity contribution in [2.24, 2.45) is 5.73 Å². The summed E-state index contributed by atoms with van der Waals surface area (Å²) < 4.78 is 21.7. The molecule has 1 fully saturated rings. The van der Waals surface area contributed by atoms with Crippen LogP contribution in [0.5, 0.6) is 11.5 Å². The van der Waals surface area contributed by atoms with Gasteiger partial charge in [0.25, 0.3) is 0 Å². The molecular formula is C18H28N2O5. The number of hydrogen-bond donors (Lipinski definition) is 1. The number of rotatable bonds is 4. The molecule has 2 atom stereocenters. The highest BCUT2D eigenvalue weighted by molar-refractivity contribution is 5.69. The lowest BCUT2D eigenvalue weighted by Gasteiger charge is -2.39. The van der Waals surface area contributed by atoms with E-state index in [2.05, 4.69) is 0 Å². The van der Waals surface area contributed by atoms with Gasteiger partial charge in [-0.25, -0.2) is 4.79 Å². The molecule has 140 valence electrons. The summed E-state index contributed by atoms with van der Waals surface area (Å²) in [5, 5.41) is 0. The van der Waals surface area contributed by atoms with Gasteiger partial charge in [0.1, 0.15) is 17.1 Å². The van der Waals surface area contributed by atoms with Gasteiger partial charge in [0.05, 0.1) is 39.5 Å². The van der Waals surface area contributed by atoms with Gasteiger partial charge in [0.15, 0.2) is 0 Å². The van der Waals surface area contributed by atoms with Crippen molar-refractivity contribution in [2.75, 3.05) is 34.0 Å². The number of ether oxygens (including phenoxy) is 4. The van der Waals surface area contributed by atoms with E-state index in [-0.39, 0.29) is 12.1 Å². The largest absolute Gasteiger partial charge is 0.497 e. The summed E-state index contributed by atoms with van der Waals surface area (Å²) >= 11 is 0. The third-order valence-electron chi connectivity index (χ3n) is 3.97. The first kappa shape index (κ1) is 19.3. The number of methoxy groups -OCH3 is 2. The Morgan fingerprint density at radius 3 is 2.36 bits per heavy atom. The fraction of sp³-hybridized carbons (Fsp3) is 0.611. The van der Waals surface area contributed by atoms with Crippen LogP contribution in [0.3, 0.4) is 0 Å². The first-order valence-corrected chi connectivity index (χ1v) is 8.31. The molecule has 7 heteroatoms. The summed E-state index contributed by atoms with van der Waals surface area (Å²) in [5.41, 5.74) is 6.71. The van der Waals surface area contributed by atoms with Crippen LogP contribution in [-0.4, -0.2) is 56.6 Å². The minimum Gasteiger partial charge on any atom is -0.497 e. The summed E-state index contributed by atoms with van der Waals surface area (Å²) in [4.78, 5) is 14.2. The second kappa shape index (κ2) is 7.93. The van der Waals surface area contributed by atoms with Gasteiger partial charge in [-0.15, -0.1) is 0 Å². The third kappa shape index (κ3) is 4.99. The van der Waals surface area contributed by atoms with Gasteiger partial charge in [-0.2, -0.15) is 0 Å². The van der Waals surface area contributed by atoms with Gasteiger partial charge in [0.2, 0.25) is 0 Å². The van der Waals surface area contributed by atoms with E-state index in [9.17, 15) is 4.79 Å². The molecule has 1 aromatic rings. The molecule has 1 aromatic carbocycles. The molecular weight excluding hydrogens is 324 g/mol. The van der Waals surface area contributed by atoms with E-state index in [1.165, 1.54) is 0 Å². The van der Waals surface area contributed by atoms with E-state index < -0.39 is 11.6 Å². The molecule has 7 nitrogen and oxygen atoms in total. The number of carbonyl (C=O) groups is 1. The zero-order valence-corrected chi connectivity index (χ0v) is 15.6. The van der Waals surface area contributed by atoms with Crippen LogP contribution in [0.15, 0.2) is 18.2 Å². The first-order valence-electron chi connectivity index (χ1n) is 8.31. The lowest BCUT2D eigenvalue weighted by Crippen LogP contribution is -2.54. The molecule has 25 heavy (non-hydrogen) atoms. The molecule has 0 saturated carbocycles. The highest BCUT2D eigenvalue weighted by Gasteiger charge is 2.35. The molecule has 2 rings (SSSR count). The number of morpholine rings is 1. The molecule has 1 aliphatic heterocycles. The predicted octanol–water partition coefficient (Wildman–Crippen LogP) is 2.34. The van der Waals surface area contributed by atoms with Gasteiger partial charge in [-0.05, 0) is 38.5 Å². The van der Waals surface area contributed by atoms with Crippen molar-refractivity contribution < 1.29 is 23.7 Å². The van der Waals surface area contributed by atoms with Crippen molar-refractivity contribution in [1.82, 2.24) is 4.90 Å². The molecule has 1 aliphatic rings. The van der Waals surface area contributed by atoms with E-state index in [1.54, 1.807) is 25.2 Å². The number of nitrogens with zero attached hydrogens (tertiary/aromatic N) is 1. The molecule has 2 N–H and O–H groups in total. The topological polar surface area (TPSA) is 83.3 Å². The van der Waals surface area contributed by atoms with Crippen molar-refractivity contribution in [1.29, 1.82) is 0 Å². The number of nitrogens with two attached hydrogens (primary N) is 1. The second-order valence-electron chi connectivity index (χ2n) is 6.99. The van der Waals surface area contributed by atoms with Crippen molar-refractivity contribution in [3.63, 3.8) is 0 Å². The second-order valence-corrected chi connectivity index (χ2v) is 6.99. The van der Waals surface area contributed by atoms with E-state index in [0.717, 1.165) is 5.56 Å². The molecule has 0 bridgehead atoms. The summed E-state index contributed by atoms with van der Waals surface area (Å²) in [7, 11) is 3.17. The maximum atomic E-state index is 12.5. The smallest absolute Gasteiger partial charge is 0.410 e. The van der Waals surface area contributed by atoms with E-state index >= 15 is 0 Å². The Balaban J connectivity index is 2.25. The van der Waals surface area contributed by atoms with E-state index in [0.29, 0.717) is 31.3 Å². The van der Waals surface area contributed by atoms with Gasteiger partial charge in [-0.1, -0.05) is 0 Å². The minimum absolute atomic E-state index is 0.333. The average molecular weight is 352 g/mol. The predicted molar refractivity (Wildman–Crippen MR) is 94.0 cm³/mol. The van der Waals surface area contributed by atoms with Crippen molar-refractivity contribution in [3.05, 3.63) is 23.8 Å². The van der Waals surface area contributed by atoms with Crippen LogP contribution in [0.2, 0.25) is 0 Å². The Morgan fingerprint density at radius 2 is 1.84 bits per heavy atom. The zero-order valence-electron chi connectivity index (χ0n) is 15.6. The maximum Gasteiger partial charge on any atom is 0.410 e. The molecule has 2 unspecified atom stereocenters. The van der Waals surface area contributed by atoms with Crippen LogP contribution in [0.4, 0.5) is 4.79 Å². The SMILES string of the molecule is COc1cc(OC)cc(C(N)C2COCCN2C(=O)OC(C)(C)C)c1. The van der Waals surface area contributed by atoms with Crippen molar-refractivity contribution in [3.8, 4) is 11.5 Å². The molecule has 0 aliphatic carbocycles. The quantitative estimate of drug-likeness (QED) is 0.895. The number of carbonyl (C=O) groups excluding carboxylic acids is 1. The van der Waals surface area contributed by atoms with Crippen LogP contribution < -0.4 is 15.2 Å². The van der Waals surface area contributed by atoms with Crippen LogP contribution in [-0.2, 0) is 9.47 Å². The number of hydrogen-bond acceptors (Lipinski definition) is 6. The van der Waals surface area contributed by atoms with Gasteiger partial charge >= 0.3 is 6.09 Å². The van der Waals surface area contributed by atoms with Gasteiger partial charge in [0, 0.05) is 12.6 Å². The Hall–Kier alpha value is -1.99. The van der Waals surface area contributed by atoms with E-state index in [4.69, 9.17) is 24.7 Å². The van der Waals surface area contributed by atoms with Gasteiger partial charge in [-0.3, -0.25) is 4.90 Å². The highest BCUT2D eigenvalue weighted by atomic mass is 16.6. The Bertz CT molecular complexity index is 577.